The van der Waals surface area contributed by atoms with E-state index in [0.29, 0.717) is 18.8 Å². The molecule has 0 saturated heterocycles. The topological polar surface area (TPSA) is 95.6 Å². The van der Waals surface area contributed by atoms with E-state index in [0.717, 1.165) is 4.90 Å². The van der Waals surface area contributed by atoms with Crippen molar-refractivity contribution in [2.75, 3.05) is 18.8 Å². The summed E-state index contributed by atoms with van der Waals surface area (Å²) in [5.74, 6) is -0.331. The molecule has 2 amide bonds. The van der Waals surface area contributed by atoms with E-state index in [1.807, 2.05) is 30.3 Å². The molecule has 2 aromatic carbocycles. The number of hydrogen-bond donors (Lipinski definition) is 2. The molecule has 0 aromatic heterocycles. The molecule has 0 fully saturated rings. The summed E-state index contributed by atoms with van der Waals surface area (Å²) in [5.41, 5.74) is 4.84. The van der Waals surface area contributed by atoms with E-state index in [-0.39, 0.29) is 22.8 Å². The largest absolute Gasteiger partial charge is 0.273 e. The molecule has 0 aliphatic carbocycles. The third kappa shape index (κ3) is 6.59. The lowest BCUT2D eigenvalue weighted by molar-refractivity contribution is -0.121. The second-order valence-corrected chi connectivity index (χ2v) is 9.14. The highest BCUT2D eigenvalue weighted by molar-refractivity contribution is 7.99. The van der Waals surface area contributed by atoms with E-state index in [2.05, 4.69) is 10.9 Å². The molecule has 9 heteroatoms. The maximum atomic E-state index is 12.6. The molecule has 0 atom stereocenters. The second-order valence-electron chi connectivity index (χ2n) is 6.03. The highest BCUT2D eigenvalue weighted by Crippen LogP contribution is 2.18. The standard InChI is InChI=1S/C20H25N3O4S2/c1-3-23(4-2)29(26,27)18-12-8-9-16(15-18)20(25)22-21-19(24)13-14-28-17-10-6-5-7-11-17/h5-12,15H,3-4,13-14H2,1-2H3,(H,21,24)(H,22,25). The average Bonchev–Trinajstić information content (AvgIpc) is 2.73. The number of rotatable bonds is 9. The van der Waals surface area contributed by atoms with Gasteiger partial charge in [0.15, 0.2) is 0 Å². The highest BCUT2D eigenvalue weighted by atomic mass is 32.2. The lowest BCUT2D eigenvalue weighted by Crippen LogP contribution is -2.41. The van der Waals surface area contributed by atoms with Crippen LogP contribution in [0.25, 0.3) is 0 Å². The molecular weight excluding hydrogens is 410 g/mol. The number of nitrogens with zero attached hydrogens (tertiary/aromatic N) is 1. The Morgan fingerprint density at radius 2 is 1.66 bits per heavy atom. The summed E-state index contributed by atoms with van der Waals surface area (Å²) < 4.78 is 26.5. The lowest BCUT2D eigenvalue weighted by atomic mass is 10.2. The normalized spacial score (nSPS) is 11.3. The molecular formula is C20H25N3O4S2. The maximum absolute atomic E-state index is 12.6. The van der Waals surface area contributed by atoms with Crippen LogP contribution in [0, 0.1) is 0 Å². The second kappa shape index (κ2) is 11.0. The van der Waals surface area contributed by atoms with Crippen LogP contribution in [0.5, 0.6) is 0 Å². The van der Waals surface area contributed by atoms with E-state index in [1.165, 1.54) is 28.6 Å². The van der Waals surface area contributed by atoms with Crippen molar-refractivity contribution in [1.29, 1.82) is 0 Å². The van der Waals surface area contributed by atoms with Gasteiger partial charge in [0.25, 0.3) is 5.91 Å². The quantitative estimate of drug-likeness (QED) is 0.466. The van der Waals surface area contributed by atoms with Gasteiger partial charge in [-0.2, -0.15) is 4.31 Å². The molecule has 7 nitrogen and oxygen atoms in total. The number of carbonyl (C=O) groups is 2. The Labute approximate surface area is 175 Å². The van der Waals surface area contributed by atoms with E-state index in [9.17, 15) is 18.0 Å². The van der Waals surface area contributed by atoms with Gasteiger partial charge in [0, 0.05) is 35.7 Å². The molecule has 0 saturated carbocycles. The van der Waals surface area contributed by atoms with Crippen molar-refractivity contribution < 1.29 is 18.0 Å². The van der Waals surface area contributed by atoms with Crippen molar-refractivity contribution >= 4 is 33.6 Å². The Morgan fingerprint density at radius 3 is 2.31 bits per heavy atom. The molecule has 0 spiro atoms. The molecule has 156 valence electrons. The summed E-state index contributed by atoms with van der Waals surface area (Å²) in [6.07, 6.45) is 0.232. The van der Waals surface area contributed by atoms with Crippen LogP contribution in [0.15, 0.2) is 64.4 Å². The fourth-order valence-corrected chi connectivity index (χ4v) is 4.93. The van der Waals surface area contributed by atoms with E-state index < -0.39 is 15.9 Å². The number of thioether (sulfide) groups is 1. The number of hydrazine groups is 1. The Morgan fingerprint density at radius 1 is 0.966 bits per heavy atom. The third-order valence-corrected chi connectivity index (χ3v) is 7.16. The van der Waals surface area contributed by atoms with E-state index in [1.54, 1.807) is 25.6 Å². The van der Waals surface area contributed by atoms with Crippen LogP contribution in [0.2, 0.25) is 0 Å². The van der Waals surface area contributed by atoms with Crippen LogP contribution in [0.1, 0.15) is 30.6 Å². The Kier molecular flexibility index (Phi) is 8.69. The van der Waals surface area contributed by atoms with Gasteiger partial charge in [-0.15, -0.1) is 11.8 Å². The van der Waals surface area contributed by atoms with Gasteiger partial charge >= 0.3 is 0 Å². The number of sulfonamides is 1. The van der Waals surface area contributed by atoms with Gasteiger partial charge in [0.2, 0.25) is 15.9 Å². The van der Waals surface area contributed by atoms with Crippen LogP contribution >= 0.6 is 11.8 Å². The molecule has 2 rings (SSSR count). The number of nitrogens with one attached hydrogen (secondary N) is 2. The third-order valence-electron chi connectivity index (χ3n) is 4.10. The van der Waals surface area contributed by atoms with Crippen molar-refractivity contribution in [2.24, 2.45) is 0 Å². The minimum Gasteiger partial charge on any atom is -0.273 e. The lowest BCUT2D eigenvalue weighted by Gasteiger charge is -2.18. The molecule has 0 heterocycles. The molecule has 2 N–H and O–H groups in total. The fourth-order valence-electron chi connectivity index (χ4n) is 2.55. The van der Waals surface area contributed by atoms with Crippen molar-refractivity contribution in [1.82, 2.24) is 15.2 Å². The van der Waals surface area contributed by atoms with Crippen molar-refractivity contribution in [3.63, 3.8) is 0 Å². The van der Waals surface area contributed by atoms with Gasteiger partial charge in [0.1, 0.15) is 0 Å². The van der Waals surface area contributed by atoms with Crippen LogP contribution in [-0.4, -0.2) is 43.4 Å². The molecule has 0 unspecified atom stereocenters. The van der Waals surface area contributed by atoms with Gasteiger partial charge in [-0.1, -0.05) is 38.1 Å². The molecule has 0 radical (unpaired) electrons. The van der Waals surface area contributed by atoms with Gasteiger partial charge in [0.05, 0.1) is 4.90 Å². The first-order chi connectivity index (χ1) is 13.9. The zero-order valence-corrected chi connectivity index (χ0v) is 18.1. The van der Waals surface area contributed by atoms with E-state index >= 15 is 0 Å². The summed E-state index contributed by atoms with van der Waals surface area (Å²) >= 11 is 1.55. The summed E-state index contributed by atoms with van der Waals surface area (Å²) in [6.45, 7) is 4.19. The van der Waals surface area contributed by atoms with Gasteiger partial charge in [-0.25, -0.2) is 8.42 Å². The van der Waals surface area contributed by atoms with Gasteiger partial charge in [-0.05, 0) is 30.3 Å². The molecule has 29 heavy (non-hydrogen) atoms. The zero-order chi connectivity index (χ0) is 21.3. The first-order valence-corrected chi connectivity index (χ1v) is 11.7. The van der Waals surface area contributed by atoms with Crippen molar-refractivity contribution in [3.05, 3.63) is 60.2 Å². The number of amides is 2. The van der Waals surface area contributed by atoms with Crippen molar-refractivity contribution in [3.8, 4) is 0 Å². The Balaban J connectivity index is 1.90. The molecule has 0 aliphatic heterocycles. The fraction of sp³-hybridized carbons (Fsp3) is 0.300. The van der Waals surface area contributed by atoms with Crippen LogP contribution < -0.4 is 10.9 Å². The number of carbonyl (C=O) groups excluding carboxylic acids is 2. The maximum Gasteiger partial charge on any atom is 0.269 e. The monoisotopic (exact) mass is 435 g/mol. The summed E-state index contributed by atoms with van der Waals surface area (Å²) in [5, 5.41) is 0. The van der Waals surface area contributed by atoms with E-state index in [4.69, 9.17) is 0 Å². The van der Waals surface area contributed by atoms with Crippen molar-refractivity contribution in [2.45, 2.75) is 30.1 Å². The zero-order valence-electron chi connectivity index (χ0n) is 16.4. The summed E-state index contributed by atoms with van der Waals surface area (Å²) in [6, 6.07) is 15.5. The van der Waals surface area contributed by atoms with Gasteiger partial charge in [-0.3, -0.25) is 20.4 Å². The number of hydrogen-bond acceptors (Lipinski definition) is 5. The molecule has 0 aliphatic rings. The minimum atomic E-state index is -3.66. The van der Waals surface area contributed by atoms with Crippen LogP contribution in [0.3, 0.4) is 0 Å². The first kappa shape index (κ1) is 22.9. The van der Waals surface area contributed by atoms with Gasteiger partial charge < -0.3 is 0 Å². The molecule has 0 bridgehead atoms. The molecule has 2 aromatic rings. The summed E-state index contributed by atoms with van der Waals surface area (Å²) in [7, 11) is -3.66. The minimum absolute atomic E-state index is 0.0411. The first-order valence-electron chi connectivity index (χ1n) is 9.25. The SMILES string of the molecule is CCN(CC)S(=O)(=O)c1cccc(C(=O)NNC(=O)CCSc2ccccc2)c1. The number of benzene rings is 2. The van der Waals surface area contributed by atoms with Crippen LogP contribution in [-0.2, 0) is 14.8 Å². The van der Waals surface area contributed by atoms with Crippen LogP contribution in [0.4, 0.5) is 0 Å². The highest BCUT2D eigenvalue weighted by Gasteiger charge is 2.22. The predicted octanol–water partition coefficient (Wildman–Crippen LogP) is 2.66. The predicted molar refractivity (Wildman–Crippen MR) is 114 cm³/mol. The Bertz CT molecular complexity index is 930. The smallest absolute Gasteiger partial charge is 0.269 e. The average molecular weight is 436 g/mol. The summed E-state index contributed by atoms with van der Waals surface area (Å²) in [4.78, 5) is 25.3. The Hall–Kier alpha value is -2.36.